The molecule has 0 fully saturated rings. The van der Waals surface area contributed by atoms with Crippen molar-refractivity contribution in [2.75, 3.05) is 33.4 Å². The zero-order valence-corrected chi connectivity index (χ0v) is 14.5. The van der Waals surface area contributed by atoms with Crippen LogP contribution in [0.25, 0.3) is 0 Å². The van der Waals surface area contributed by atoms with Crippen molar-refractivity contribution >= 4 is 22.1 Å². The number of hydrogen-bond donors (Lipinski definition) is 2. The lowest BCUT2D eigenvalue weighted by Crippen LogP contribution is -2.28. The third kappa shape index (κ3) is 7.48. The average molecular weight is 347 g/mol. The molecule has 0 aliphatic heterocycles. The number of hydrogen-bond acceptors (Lipinski definition) is 8. The molecule has 1 aromatic heterocycles. The summed E-state index contributed by atoms with van der Waals surface area (Å²) in [5.41, 5.74) is 0.829. The number of rotatable bonds is 10. The number of thiazole rings is 1. The summed E-state index contributed by atoms with van der Waals surface area (Å²) in [4.78, 5) is 16.3. The van der Waals surface area contributed by atoms with Crippen molar-refractivity contribution in [1.29, 1.82) is 0 Å². The minimum atomic E-state index is -1.06. The van der Waals surface area contributed by atoms with Crippen LogP contribution in [0.1, 0.15) is 10.7 Å². The summed E-state index contributed by atoms with van der Waals surface area (Å²) in [6.45, 7) is 1.16. The summed E-state index contributed by atoms with van der Waals surface area (Å²) < 4.78 is 12.0. The van der Waals surface area contributed by atoms with Gasteiger partial charge in [-0.2, -0.15) is 0 Å². The van der Waals surface area contributed by atoms with E-state index in [2.05, 4.69) is 15.6 Å². The Morgan fingerprint density at radius 3 is 2.91 bits per heavy atom. The molecule has 0 saturated heterocycles. The van der Waals surface area contributed by atoms with E-state index in [1.807, 2.05) is 24.4 Å². The Bertz CT molecular complexity index is 545. The highest BCUT2D eigenvalue weighted by Crippen LogP contribution is 2.12. The first-order chi connectivity index (χ1) is 10.4. The Morgan fingerprint density at radius 2 is 2.32 bits per heavy atom. The molecular weight excluding hydrogens is 326 g/mol. The molecule has 1 aromatic rings. The van der Waals surface area contributed by atoms with Crippen molar-refractivity contribution < 1.29 is 9.13 Å². The Balaban J connectivity index is 2.37. The number of nitrogens with one attached hydrogen (secondary N) is 2. The van der Waals surface area contributed by atoms with Crippen LogP contribution in [0.15, 0.2) is 17.4 Å². The third-order valence-electron chi connectivity index (χ3n) is 2.51. The second-order valence-electron chi connectivity index (χ2n) is 4.76. The van der Waals surface area contributed by atoms with Gasteiger partial charge in [0, 0.05) is 42.1 Å². The van der Waals surface area contributed by atoms with Crippen LogP contribution in [-0.4, -0.2) is 52.5 Å². The van der Waals surface area contributed by atoms with Gasteiger partial charge in [0.15, 0.2) is 5.82 Å². The smallest absolute Gasteiger partial charge is 0.274 e. The summed E-state index contributed by atoms with van der Waals surface area (Å²) in [7, 11) is 4.48. The molecule has 8 nitrogen and oxygen atoms in total. The van der Waals surface area contributed by atoms with E-state index < -0.39 is 15.7 Å². The van der Waals surface area contributed by atoms with Crippen LogP contribution in [0.5, 0.6) is 0 Å². The minimum absolute atomic E-state index is 0.295. The molecule has 0 aliphatic carbocycles. The van der Waals surface area contributed by atoms with Crippen molar-refractivity contribution in [3.8, 4) is 0 Å². The van der Waals surface area contributed by atoms with Gasteiger partial charge in [0.1, 0.15) is 5.01 Å². The molecule has 2 N–H and O–H groups in total. The zero-order valence-electron chi connectivity index (χ0n) is 12.9. The predicted molar refractivity (Wildman–Crippen MR) is 88.4 cm³/mol. The van der Waals surface area contributed by atoms with E-state index in [4.69, 9.17) is 0 Å². The van der Waals surface area contributed by atoms with Gasteiger partial charge in [-0.3, -0.25) is 14.3 Å². The van der Waals surface area contributed by atoms with Gasteiger partial charge in [0.2, 0.25) is 0 Å². The highest BCUT2D eigenvalue weighted by atomic mass is 32.2. The Morgan fingerprint density at radius 1 is 1.59 bits per heavy atom. The number of nitrogens with zero attached hydrogens (tertiary/aromatic N) is 3. The largest absolute Gasteiger partial charge is 0.370 e. The fourth-order valence-corrected chi connectivity index (χ4v) is 3.57. The molecule has 0 aromatic carbocycles. The highest BCUT2D eigenvalue weighted by molar-refractivity contribution is 7.84. The van der Waals surface area contributed by atoms with Gasteiger partial charge in [-0.1, -0.05) is 0 Å². The highest BCUT2D eigenvalue weighted by Gasteiger charge is 2.08. The fraction of sp³-hybridized carbons (Fsp3) is 0.583. The zero-order chi connectivity index (χ0) is 16.5. The van der Waals surface area contributed by atoms with Gasteiger partial charge in [0.05, 0.1) is 16.4 Å². The van der Waals surface area contributed by atoms with Crippen molar-refractivity contribution in [2.24, 2.45) is 0 Å². The Kier molecular flexibility index (Phi) is 7.99. The van der Waals surface area contributed by atoms with Crippen LogP contribution in [0.2, 0.25) is 0 Å². The van der Waals surface area contributed by atoms with Gasteiger partial charge >= 0.3 is 0 Å². The topological polar surface area (TPSA) is 100 Å². The summed E-state index contributed by atoms with van der Waals surface area (Å²) in [6.07, 6.45) is 0.844. The summed E-state index contributed by atoms with van der Waals surface area (Å²) >= 11 is 1.56. The fourth-order valence-electron chi connectivity index (χ4n) is 1.60. The second-order valence-corrected chi connectivity index (χ2v) is 7.28. The van der Waals surface area contributed by atoms with E-state index in [1.165, 1.54) is 0 Å². The maximum absolute atomic E-state index is 12.0. The molecule has 10 heteroatoms. The van der Waals surface area contributed by atoms with Crippen LogP contribution in [0.3, 0.4) is 0 Å². The molecular formula is C12H21N5O3S2. The summed E-state index contributed by atoms with van der Waals surface area (Å²) in [5.74, 6) is 1.10. The first kappa shape index (κ1) is 18.5. The average Bonchev–Trinajstić information content (AvgIpc) is 2.83. The Hall–Kier alpha value is -1.52. The van der Waals surface area contributed by atoms with Crippen molar-refractivity contribution in [1.82, 2.24) is 20.5 Å². The van der Waals surface area contributed by atoms with Crippen LogP contribution in [0, 0.1) is 10.1 Å². The quantitative estimate of drug-likeness (QED) is 0.465. The summed E-state index contributed by atoms with van der Waals surface area (Å²) in [5, 5.41) is 18.8. The van der Waals surface area contributed by atoms with Crippen LogP contribution >= 0.6 is 11.3 Å². The van der Waals surface area contributed by atoms with Crippen LogP contribution < -0.4 is 10.6 Å². The molecule has 0 amide bonds. The van der Waals surface area contributed by atoms with Crippen LogP contribution in [-0.2, 0) is 23.1 Å². The van der Waals surface area contributed by atoms with Crippen molar-refractivity contribution in [2.45, 2.75) is 12.3 Å². The van der Waals surface area contributed by atoms with E-state index in [0.717, 1.165) is 23.4 Å². The lowest BCUT2D eigenvalue weighted by atomic mass is 10.5. The van der Waals surface area contributed by atoms with Gasteiger partial charge in [0.25, 0.3) is 6.20 Å². The van der Waals surface area contributed by atoms with E-state index in [-0.39, 0.29) is 0 Å². The van der Waals surface area contributed by atoms with E-state index in [0.29, 0.717) is 23.9 Å². The maximum atomic E-state index is 12.0. The van der Waals surface area contributed by atoms with E-state index in [9.17, 15) is 14.3 Å². The number of aromatic nitrogens is 1. The second kappa shape index (κ2) is 9.49. The summed E-state index contributed by atoms with van der Waals surface area (Å²) in [6, 6.07) is 0. The van der Waals surface area contributed by atoms with Gasteiger partial charge in [-0.25, -0.2) is 4.98 Å². The van der Waals surface area contributed by atoms with E-state index >= 15 is 0 Å². The molecule has 1 rings (SSSR count). The van der Waals surface area contributed by atoms with E-state index in [1.54, 1.807) is 18.4 Å². The monoisotopic (exact) mass is 347 g/mol. The molecule has 0 spiro atoms. The molecule has 0 saturated carbocycles. The normalized spacial score (nSPS) is 13.2. The van der Waals surface area contributed by atoms with Gasteiger partial charge in [-0.05, 0) is 14.1 Å². The van der Waals surface area contributed by atoms with Gasteiger partial charge < -0.3 is 15.5 Å². The molecule has 1 atom stereocenters. The van der Waals surface area contributed by atoms with Crippen molar-refractivity contribution in [3.05, 3.63) is 38.2 Å². The minimum Gasteiger partial charge on any atom is -0.370 e. The van der Waals surface area contributed by atoms with Crippen LogP contribution in [0.4, 0.5) is 0 Å². The lowest BCUT2D eigenvalue weighted by Gasteiger charge is -2.07. The lowest BCUT2D eigenvalue weighted by molar-refractivity contribution is -0.404. The molecule has 0 bridgehead atoms. The molecule has 0 aliphatic rings. The first-order valence-electron chi connectivity index (χ1n) is 6.60. The molecule has 1 heterocycles. The molecule has 22 heavy (non-hydrogen) atoms. The Labute approximate surface area is 136 Å². The predicted octanol–water partition coefficient (Wildman–Crippen LogP) is 0.338. The van der Waals surface area contributed by atoms with Crippen molar-refractivity contribution in [3.63, 3.8) is 0 Å². The molecule has 0 unspecified atom stereocenters. The number of nitro groups is 1. The SMILES string of the molecule is CN/C(=C/[N+](=O)[O-])NCC[S@@](=O)Cc1csc(CN(C)C)n1. The third-order valence-corrected chi connectivity index (χ3v) is 4.67. The van der Waals surface area contributed by atoms with Gasteiger partial charge in [-0.15, -0.1) is 11.3 Å². The molecule has 0 radical (unpaired) electrons. The maximum Gasteiger partial charge on any atom is 0.274 e. The standard InChI is InChI=1S/C12H21N5O3S2/c1-13-11(6-17(18)19)14-4-5-22(20)9-10-8-21-12(15-10)7-16(2)3/h6,8,13-14H,4-5,7,9H2,1-3H3/b11-6-/t22-/m1/s1. The first-order valence-corrected chi connectivity index (χ1v) is 8.97. The molecule has 124 valence electrons.